The van der Waals surface area contributed by atoms with E-state index in [1.54, 1.807) is 19.1 Å². The van der Waals surface area contributed by atoms with Gasteiger partial charge in [0.1, 0.15) is 10.0 Å². The zero-order valence-corrected chi connectivity index (χ0v) is 20.2. The molecule has 3 aromatic rings. The summed E-state index contributed by atoms with van der Waals surface area (Å²) in [5, 5.41) is 13.6. The summed E-state index contributed by atoms with van der Waals surface area (Å²) in [7, 11) is -4.64. The van der Waals surface area contributed by atoms with Crippen molar-refractivity contribution in [1.29, 1.82) is 0 Å². The number of nitrogens with two attached hydrogens (primary N) is 1. The standard InChI is InChI=1S/C19H25ClN5O5PS/c1-3-4-5-6-7-15-22-16(25-30-15)13-9-8-12(10-14(13)20)17-23-24-18(32-17)19(2,21)11-29-31(26,27)28/h8-10H,3-7,11,21H2,1-2H3,(H2,26,27,28)/t19-/m0/s1. The Morgan fingerprint density at radius 1 is 1.28 bits per heavy atom. The maximum atomic E-state index is 11.0. The Kier molecular flexibility index (Phi) is 8.16. The van der Waals surface area contributed by atoms with Crippen molar-refractivity contribution in [2.24, 2.45) is 5.73 Å². The van der Waals surface area contributed by atoms with E-state index in [2.05, 4.69) is 31.8 Å². The second-order valence-corrected chi connectivity index (χ2v) is 10.2. The third kappa shape index (κ3) is 6.64. The van der Waals surface area contributed by atoms with Gasteiger partial charge in [-0.25, -0.2) is 4.57 Å². The zero-order chi connectivity index (χ0) is 23.4. The van der Waals surface area contributed by atoms with Crippen LogP contribution in [0.2, 0.25) is 5.02 Å². The van der Waals surface area contributed by atoms with Crippen LogP contribution in [0.1, 0.15) is 50.4 Å². The molecule has 0 fully saturated rings. The van der Waals surface area contributed by atoms with Gasteiger partial charge in [-0.3, -0.25) is 4.52 Å². The third-order valence-corrected chi connectivity index (χ3v) is 6.65. The van der Waals surface area contributed by atoms with Crippen molar-refractivity contribution >= 4 is 30.8 Å². The Hall–Kier alpha value is -1.72. The molecular formula is C19H25ClN5O5PS. The van der Waals surface area contributed by atoms with E-state index in [1.807, 2.05) is 6.07 Å². The highest BCUT2D eigenvalue weighted by Crippen LogP contribution is 2.39. The van der Waals surface area contributed by atoms with Crippen molar-refractivity contribution < 1.29 is 23.4 Å². The number of phosphoric acid groups is 1. The molecule has 32 heavy (non-hydrogen) atoms. The summed E-state index contributed by atoms with van der Waals surface area (Å²) in [5.41, 5.74) is 6.23. The zero-order valence-electron chi connectivity index (χ0n) is 17.7. The predicted octanol–water partition coefficient (Wildman–Crippen LogP) is 4.31. The predicted molar refractivity (Wildman–Crippen MR) is 121 cm³/mol. The van der Waals surface area contributed by atoms with Crippen molar-refractivity contribution in [3.8, 4) is 22.0 Å². The lowest BCUT2D eigenvalue weighted by molar-refractivity contribution is 0.158. The maximum absolute atomic E-state index is 11.0. The average molecular weight is 502 g/mol. The fourth-order valence-electron chi connectivity index (χ4n) is 2.85. The highest BCUT2D eigenvalue weighted by atomic mass is 35.5. The van der Waals surface area contributed by atoms with E-state index in [9.17, 15) is 4.57 Å². The summed E-state index contributed by atoms with van der Waals surface area (Å²) in [6.45, 7) is 3.30. The van der Waals surface area contributed by atoms with Gasteiger partial charge in [-0.2, -0.15) is 4.98 Å². The number of benzene rings is 1. The summed E-state index contributed by atoms with van der Waals surface area (Å²) in [6, 6.07) is 5.31. The molecular weight excluding hydrogens is 477 g/mol. The molecule has 10 nitrogen and oxygen atoms in total. The third-order valence-electron chi connectivity index (χ3n) is 4.62. The van der Waals surface area contributed by atoms with Gasteiger partial charge in [-0.1, -0.05) is 60.3 Å². The van der Waals surface area contributed by atoms with Gasteiger partial charge in [0.25, 0.3) is 0 Å². The van der Waals surface area contributed by atoms with Gasteiger partial charge >= 0.3 is 7.82 Å². The Bertz CT molecular complexity index is 1100. The van der Waals surface area contributed by atoms with E-state index < -0.39 is 20.0 Å². The van der Waals surface area contributed by atoms with Crippen molar-refractivity contribution in [3.63, 3.8) is 0 Å². The fourth-order valence-corrected chi connectivity index (χ4v) is 4.43. The van der Waals surface area contributed by atoms with Gasteiger partial charge in [-0.15, -0.1) is 10.2 Å². The van der Waals surface area contributed by atoms with Gasteiger partial charge in [0.2, 0.25) is 11.7 Å². The molecule has 0 amide bonds. The van der Waals surface area contributed by atoms with Gasteiger partial charge in [-0.05, 0) is 25.5 Å². The molecule has 3 rings (SSSR count). The van der Waals surface area contributed by atoms with E-state index in [-0.39, 0.29) is 0 Å². The molecule has 0 spiro atoms. The Labute approximate surface area is 194 Å². The summed E-state index contributed by atoms with van der Waals surface area (Å²) in [6.07, 6.45) is 5.21. The van der Waals surface area contributed by atoms with Crippen LogP contribution >= 0.6 is 30.8 Å². The lowest BCUT2D eigenvalue weighted by Gasteiger charge is -2.21. The summed E-state index contributed by atoms with van der Waals surface area (Å²) < 4.78 is 20.8. The lowest BCUT2D eigenvalue weighted by atomic mass is 10.1. The Morgan fingerprint density at radius 2 is 2.06 bits per heavy atom. The normalized spacial score (nSPS) is 13.9. The molecule has 0 saturated carbocycles. The van der Waals surface area contributed by atoms with E-state index >= 15 is 0 Å². The molecule has 0 aliphatic rings. The molecule has 2 heterocycles. The van der Waals surface area contributed by atoms with Crippen molar-refractivity contribution in [3.05, 3.63) is 34.1 Å². The molecule has 174 valence electrons. The molecule has 0 unspecified atom stereocenters. The average Bonchev–Trinajstić information content (AvgIpc) is 3.40. The molecule has 1 aromatic carbocycles. The van der Waals surface area contributed by atoms with Gasteiger partial charge < -0.3 is 20.0 Å². The quantitative estimate of drug-likeness (QED) is 0.255. The van der Waals surface area contributed by atoms with Crippen LogP contribution in [0.25, 0.3) is 22.0 Å². The number of aryl methyl sites for hydroxylation is 1. The minimum atomic E-state index is -4.64. The molecule has 13 heteroatoms. The van der Waals surface area contributed by atoms with E-state index in [1.165, 1.54) is 24.2 Å². The van der Waals surface area contributed by atoms with Crippen LogP contribution in [0, 0.1) is 0 Å². The molecule has 2 aromatic heterocycles. The largest absolute Gasteiger partial charge is 0.469 e. The molecule has 0 radical (unpaired) electrons. The van der Waals surface area contributed by atoms with Crippen molar-refractivity contribution in [2.45, 2.75) is 51.5 Å². The van der Waals surface area contributed by atoms with Gasteiger partial charge in [0, 0.05) is 17.5 Å². The van der Waals surface area contributed by atoms with Gasteiger partial charge in [0.05, 0.1) is 17.2 Å². The number of aromatic nitrogens is 4. The van der Waals surface area contributed by atoms with Crippen LogP contribution in [-0.4, -0.2) is 36.7 Å². The molecule has 4 N–H and O–H groups in total. The molecule has 0 bridgehead atoms. The number of rotatable bonds is 11. The molecule has 0 saturated heterocycles. The number of hydrogen-bond donors (Lipinski definition) is 3. The molecule has 1 atom stereocenters. The highest BCUT2D eigenvalue weighted by molar-refractivity contribution is 7.46. The van der Waals surface area contributed by atoms with Crippen LogP contribution in [-0.2, 0) is 21.0 Å². The van der Waals surface area contributed by atoms with Crippen molar-refractivity contribution in [2.75, 3.05) is 6.61 Å². The van der Waals surface area contributed by atoms with Crippen LogP contribution < -0.4 is 5.73 Å². The number of nitrogens with zero attached hydrogens (tertiary/aromatic N) is 4. The maximum Gasteiger partial charge on any atom is 0.469 e. The second kappa shape index (κ2) is 10.5. The van der Waals surface area contributed by atoms with Crippen LogP contribution in [0.15, 0.2) is 22.7 Å². The molecule has 0 aliphatic heterocycles. The summed E-state index contributed by atoms with van der Waals surface area (Å²) in [4.78, 5) is 22.2. The number of phosphoric ester groups is 1. The van der Waals surface area contributed by atoms with Crippen LogP contribution in [0.4, 0.5) is 0 Å². The molecule has 0 aliphatic carbocycles. The number of unbranched alkanes of at least 4 members (excludes halogenated alkanes) is 3. The SMILES string of the molecule is CCCCCCc1nc(-c2ccc(-c3nnc([C@@](C)(N)COP(=O)(O)O)s3)cc2Cl)no1. The first-order valence-corrected chi connectivity index (χ1v) is 12.8. The van der Waals surface area contributed by atoms with Gasteiger partial charge in [0.15, 0.2) is 0 Å². The smallest absolute Gasteiger partial charge is 0.339 e. The van der Waals surface area contributed by atoms with Crippen LogP contribution in [0.5, 0.6) is 0 Å². The Morgan fingerprint density at radius 3 is 2.75 bits per heavy atom. The number of hydrogen-bond acceptors (Lipinski definition) is 9. The number of halogens is 1. The van der Waals surface area contributed by atoms with E-state index in [0.717, 1.165) is 19.3 Å². The van der Waals surface area contributed by atoms with E-state index in [4.69, 9.17) is 31.6 Å². The van der Waals surface area contributed by atoms with Crippen LogP contribution in [0.3, 0.4) is 0 Å². The highest BCUT2D eigenvalue weighted by Gasteiger charge is 2.30. The first kappa shape index (κ1) is 24.9. The lowest BCUT2D eigenvalue weighted by Crippen LogP contribution is -2.37. The van der Waals surface area contributed by atoms with Crippen molar-refractivity contribution in [1.82, 2.24) is 20.3 Å². The topological polar surface area (TPSA) is 157 Å². The second-order valence-electron chi connectivity index (χ2n) is 7.61. The summed E-state index contributed by atoms with van der Waals surface area (Å²) in [5.74, 6) is 1.01. The van der Waals surface area contributed by atoms with E-state index in [0.29, 0.717) is 37.9 Å². The Balaban J connectivity index is 1.72. The minimum Gasteiger partial charge on any atom is -0.339 e. The monoisotopic (exact) mass is 501 g/mol. The first-order valence-electron chi connectivity index (χ1n) is 10.0. The first-order chi connectivity index (χ1) is 15.1. The summed E-state index contributed by atoms with van der Waals surface area (Å²) >= 11 is 7.65. The minimum absolute atomic E-state index is 0.368. The fraction of sp³-hybridized carbons (Fsp3) is 0.474.